The molecule has 0 radical (unpaired) electrons. The van der Waals surface area contributed by atoms with Gasteiger partial charge < -0.3 is 9.73 Å². The number of nitrogens with one attached hydrogen (secondary N) is 2. The van der Waals surface area contributed by atoms with Gasteiger partial charge >= 0.3 is 0 Å². The number of nitrogens with zero attached hydrogens (tertiary/aromatic N) is 3. The molecule has 1 atom stereocenters. The van der Waals surface area contributed by atoms with Crippen LogP contribution in [0, 0.1) is 13.8 Å². The summed E-state index contributed by atoms with van der Waals surface area (Å²) >= 11 is 5.99. The third kappa shape index (κ3) is 5.05. The van der Waals surface area contributed by atoms with Crippen LogP contribution in [-0.4, -0.2) is 29.1 Å². The molecule has 0 aliphatic rings. The second-order valence-electron chi connectivity index (χ2n) is 9.71. The second kappa shape index (κ2) is 10.1. The molecule has 3 aromatic heterocycles. The average molecular weight is 580 g/mol. The van der Waals surface area contributed by atoms with Crippen molar-refractivity contribution in [2.24, 2.45) is 7.05 Å². The van der Waals surface area contributed by atoms with Gasteiger partial charge in [-0.05, 0) is 62.7 Å². The molecule has 2 N–H and O–H groups in total. The SMILES string of the molecule is CC(=O)NS(=O)(=O)c1nc(Cl)ccc1N[C@H](C)c1cc(C)cc2c(=O)c(C)c(-c3ccc4nn(C)cc4c3)oc12. The van der Waals surface area contributed by atoms with Crippen LogP contribution in [0.25, 0.3) is 33.2 Å². The molecule has 0 unspecified atom stereocenters. The normalized spacial score (nSPS) is 12.6. The van der Waals surface area contributed by atoms with Crippen LogP contribution in [-0.2, 0) is 21.9 Å². The summed E-state index contributed by atoms with van der Waals surface area (Å²) < 4.78 is 35.7. The van der Waals surface area contributed by atoms with E-state index in [2.05, 4.69) is 15.4 Å². The highest BCUT2D eigenvalue weighted by Gasteiger charge is 2.25. The zero-order chi connectivity index (χ0) is 28.9. The minimum atomic E-state index is -4.30. The molecule has 0 fully saturated rings. The Hall–Kier alpha value is -4.22. The number of pyridine rings is 1. The van der Waals surface area contributed by atoms with Gasteiger partial charge in [-0.15, -0.1) is 0 Å². The Labute approximate surface area is 235 Å². The van der Waals surface area contributed by atoms with Crippen LogP contribution < -0.4 is 15.5 Å². The van der Waals surface area contributed by atoms with E-state index in [9.17, 15) is 18.0 Å². The average Bonchev–Trinajstić information content (AvgIpc) is 3.25. The summed E-state index contributed by atoms with van der Waals surface area (Å²) in [6.45, 7) is 6.49. The smallest absolute Gasteiger partial charge is 0.283 e. The largest absolute Gasteiger partial charge is 0.455 e. The molecule has 206 valence electrons. The van der Waals surface area contributed by atoms with Gasteiger partial charge in [-0.3, -0.25) is 14.3 Å². The van der Waals surface area contributed by atoms with Crippen LogP contribution in [0.4, 0.5) is 5.69 Å². The van der Waals surface area contributed by atoms with Crippen LogP contribution in [0.5, 0.6) is 0 Å². The van der Waals surface area contributed by atoms with Crippen LogP contribution in [0.2, 0.25) is 5.15 Å². The van der Waals surface area contributed by atoms with E-state index < -0.39 is 27.0 Å². The standard InChI is InChI=1S/C28H26ClN5O5S/c1-14-10-20(16(3)30-23-8-9-24(29)31-28(23)40(37,38)33-17(4)35)27-21(11-14)25(36)15(2)26(39-27)18-6-7-22-19(12-18)13-34(5)32-22/h6-13,16,30H,1-5H3,(H,33,35)/t16-/m1/s1. The van der Waals surface area contributed by atoms with E-state index in [1.165, 1.54) is 12.1 Å². The third-order valence-corrected chi connectivity index (χ3v) is 8.06. The number of amides is 1. The van der Waals surface area contributed by atoms with Crippen molar-refractivity contribution in [1.82, 2.24) is 19.5 Å². The number of benzene rings is 2. The van der Waals surface area contributed by atoms with E-state index in [-0.39, 0.29) is 16.3 Å². The Balaban J connectivity index is 1.65. The quantitative estimate of drug-likeness (QED) is 0.268. The highest BCUT2D eigenvalue weighted by atomic mass is 35.5. The van der Waals surface area contributed by atoms with E-state index in [0.717, 1.165) is 29.0 Å². The highest BCUT2D eigenvalue weighted by Crippen LogP contribution is 2.34. The van der Waals surface area contributed by atoms with Gasteiger partial charge in [-0.1, -0.05) is 17.7 Å². The number of hydrogen-bond acceptors (Lipinski definition) is 8. The number of aryl methyl sites for hydroxylation is 2. The lowest BCUT2D eigenvalue weighted by Crippen LogP contribution is -2.29. The maximum absolute atomic E-state index is 13.6. The van der Waals surface area contributed by atoms with E-state index in [0.29, 0.717) is 27.9 Å². The summed E-state index contributed by atoms with van der Waals surface area (Å²) in [6.07, 6.45) is 1.89. The molecule has 0 bridgehead atoms. The second-order valence-corrected chi connectivity index (χ2v) is 11.7. The Morgan fingerprint density at radius 1 is 1.12 bits per heavy atom. The van der Waals surface area contributed by atoms with Crippen molar-refractivity contribution >= 4 is 55.1 Å². The minimum Gasteiger partial charge on any atom is -0.455 e. The van der Waals surface area contributed by atoms with Gasteiger partial charge in [0.15, 0.2) is 5.43 Å². The fourth-order valence-electron chi connectivity index (χ4n) is 4.74. The first-order valence-corrected chi connectivity index (χ1v) is 14.2. The maximum atomic E-state index is 13.6. The highest BCUT2D eigenvalue weighted by molar-refractivity contribution is 7.90. The van der Waals surface area contributed by atoms with Gasteiger partial charge in [0, 0.05) is 42.2 Å². The summed E-state index contributed by atoms with van der Waals surface area (Å²) in [5, 5.41) is 8.39. The van der Waals surface area contributed by atoms with Crippen LogP contribution in [0.3, 0.4) is 0 Å². The molecule has 0 spiro atoms. The molecule has 2 aromatic carbocycles. The van der Waals surface area contributed by atoms with Crippen LogP contribution in [0.15, 0.2) is 62.9 Å². The summed E-state index contributed by atoms with van der Waals surface area (Å²) in [4.78, 5) is 29.0. The van der Waals surface area contributed by atoms with E-state index in [1.807, 2.05) is 49.2 Å². The van der Waals surface area contributed by atoms with Crippen molar-refractivity contribution in [3.63, 3.8) is 0 Å². The molecule has 12 heteroatoms. The molecule has 10 nitrogen and oxygen atoms in total. The summed E-state index contributed by atoms with van der Waals surface area (Å²) in [6, 6.07) is 11.7. The monoisotopic (exact) mass is 579 g/mol. The van der Waals surface area contributed by atoms with Gasteiger partial charge in [-0.25, -0.2) is 9.71 Å². The molecule has 1 amide bonds. The lowest BCUT2D eigenvalue weighted by molar-refractivity contribution is -0.117. The lowest BCUT2D eigenvalue weighted by Gasteiger charge is -2.20. The fourth-order valence-corrected chi connectivity index (χ4v) is 6.04. The van der Waals surface area contributed by atoms with Crippen molar-refractivity contribution in [1.29, 1.82) is 0 Å². The Morgan fingerprint density at radius 3 is 2.60 bits per heavy atom. The van der Waals surface area contributed by atoms with E-state index in [4.69, 9.17) is 16.0 Å². The maximum Gasteiger partial charge on any atom is 0.283 e. The Kier molecular flexibility index (Phi) is 6.89. The van der Waals surface area contributed by atoms with E-state index >= 15 is 0 Å². The molecule has 40 heavy (non-hydrogen) atoms. The summed E-state index contributed by atoms with van der Waals surface area (Å²) in [5.41, 5.74) is 3.81. The molecule has 5 rings (SSSR count). The van der Waals surface area contributed by atoms with Gasteiger partial charge in [0.2, 0.25) is 10.9 Å². The molecular weight excluding hydrogens is 554 g/mol. The number of halogens is 1. The predicted molar refractivity (Wildman–Crippen MR) is 154 cm³/mol. The summed E-state index contributed by atoms with van der Waals surface area (Å²) in [5.74, 6) is -0.331. The molecule has 0 aliphatic heterocycles. The molecule has 0 aliphatic carbocycles. The third-order valence-electron chi connectivity index (χ3n) is 6.47. The van der Waals surface area contributed by atoms with Crippen LogP contribution in [0.1, 0.15) is 36.6 Å². The topological polar surface area (TPSA) is 136 Å². The van der Waals surface area contributed by atoms with E-state index in [1.54, 1.807) is 24.6 Å². The van der Waals surface area contributed by atoms with Crippen molar-refractivity contribution in [2.75, 3.05) is 5.32 Å². The van der Waals surface area contributed by atoms with Gasteiger partial charge in [0.25, 0.3) is 10.0 Å². The van der Waals surface area contributed by atoms with Crippen molar-refractivity contribution in [3.8, 4) is 11.3 Å². The van der Waals surface area contributed by atoms with Gasteiger partial charge in [0.05, 0.1) is 22.6 Å². The molecule has 0 saturated carbocycles. The Morgan fingerprint density at radius 2 is 1.88 bits per heavy atom. The number of anilines is 1. The Bertz CT molecular complexity index is 2000. The predicted octanol–water partition coefficient (Wildman–Crippen LogP) is 5.01. The number of fused-ring (bicyclic) bond motifs is 2. The number of hydrogen-bond donors (Lipinski definition) is 2. The molecule has 0 saturated heterocycles. The van der Waals surface area contributed by atoms with Crippen molar-refractivity contribution < 1.29 is 17.6 Å². The first-order chi connectivity index (χ1) is 18.8. The van der Waals surface area contributed by atoms with Gasteiger partial charge in [0.1, 0.15) is 16.5 Å². The summed E-state index contributed by atoms with van der Waals surface area (Å²) in [7, 11) is -2.46. The lowest BCUT2D eigenvalue weighted by atomic mass is 9.98. The first kappa shape index (κ1) is 27.4. The molecule has 5 aromatic rings. The molecular formula is C28H26ClN5O5S. The number of aromatic nitrogens is 3. The van der Waals surface area contributed by atoms with Crippen LogP contribution >= 0.6 is 11.6 Å². The van der Waals surface area contributed by atoms with Gasteiger partial charge in [-0.2, -0.15) is 13.5 Å². The van der Waals surface area contributed by atoms with Crippen molar-refractivity contribution in [2.45, 2.75) is 38.8 Å². The van der Waals surface area contributed by atoms with Crippen molar-refractivity contribution in [3.05, 3.63) is 80.7 Å². The number of sulfonamides is 1. The first-order valence-electron chi connectivity index (χ1n) is 12.3. The number of rotatable bonds is 6. The zero-order valence-electron chi connectivity index (χ0n) is 22.4. The minimum absolute atomic E-state index is 0.0557. The number of carbonyl (C=O) groups excluding carboxylic acids is 1. The number of carbonyl (C=O) groups is 1. The fraction of sp³-hybridized carbons (Fsp3) is 0.214. The zero-order valence-corrected chi connectivity index (χ0v) is 23.9. The molecule has 3 heterocycles.